The first kappa shape index (κ1) is 13.2. The second-order valence-electron chi connectivity index (χ2n) is 3.62. The third kappa shape index (κ3) is 2.83. The average molecular weight is 287 g/mol. The molecule has 0 saturated heterocycles. The van der Waals surface area contributed by atoms with Crippen molar-refractivity contribution in [1.29, 1.82) is 0 Å². The Morgan fingerprint density at radius 1 is 1.50 bits per heavy atom. The summed E-state index contributed by atoms with van der Waals surface area (Å²) in [6.45, 7) is 5.73. The van der Waals surface area contributed by atoms with Crippen LogP contribution in [0.4, 0.5) is 0 Å². The number of hydrogen-bond acceptors (Lipinski definition) is 3. The maximum atomic E-state index is 11.4. The van der Waals surface area contributed by atoms with E-state index in [0.29, 0.717) is 5.56 Å². The lowest BCUT2D eigenvalue weighted by Gasteiger charge is -2.14. The summed E-state index contributed by atoms with van der Waals surface area (Å²) in [4.78, 5) is 11.4. The van der Waals surface area contributed by atoms with Crippen LogP contribution in [0.15, 0.2) is 16.6 Å². The lowest BCUT2D eigenvalue weighted by atomic mass is 10.0. The maximum Gasteiger partial charge on any atom is 0.339 e. The summed E-state index contributed by atoms with van der Waals surface area (Å²) in [6.07, 6.45) is -1.21. The summed E-state index contributed by atoms with van der Waals surface area (Å²) in [5.74, 6) is -0.608. The predicted octanol–water partition coefficient (Wildman–Crippen LogP) is 2.66. The van der Waals surface area contributed by atoms with Gasteiger partial charge < -0.3 is 9.84 Å². The summed E-state index contributed by atoms with van der Waals surface area (Å²) in [6, 6.07) is 3.73. The fourth-order valence-electron chi connectivity index (χ4n) is 1.47. The van der Waals surface area contributed by atoms with Crippen molar-refractivity contribution in [2.45, 2.75) is 26.9 Å². The molecule has 0 amide bonds. The van der Waals surface area contributed by atoms with Gasteiger partial charge in [0.25, 0.3) is 0 Å². The van der Waals surface area contributed by atoms with E-state index in [4.69, 9.17) is 4.74 Å². The van der Waals surface area contributed by atoms with Crippen LogP contribution in [0.25, 0.3) is 0 Å². The first-order chi connectivity index (χ1) is 7.47. The third-order valence-corrected chi connectivity index (χ3v) is 3.16. The van der Waals surface area contributed by atoms with Gasteiger partial charge in [-0.05, 0) is 43.5 Å². The Hall–Kier alpha value is -0.870. The normalized spacial score (nSPS) is 12.3. The standard InChI is InChI=1S/C12H15BrO3/c1-4-16-12(15)11(14)9-5-7(2)6-10(13)8(9)3/h5-6,11,14H,4H2,1-3H3. The highest BCUT2D eigenvalue weighted by Crippen LogP contribution is 2.27. The third-order valence-electron chi connectivity index (χ3n) is 2.33. The van der Waals surface area contributed by atoms with Crippen LogP contribution in [0.5, 0.6) is 0 Å². The summed E-state index contributed by atoms with van der Waals surface area (Å²) >= 11 is 3.39. The molecule has 88 valence electrons. The predicted molar refractivity (Wildman–Crippen MR) is 65.2 cm³/mol. The topological polar surface area (TPSA) is 46.5 Å². The minimum Gasteiger partial charge on any atom is -0.464 e. The van der Waals surface area contributed by atoms with Gasteiger partial charge in [0.1, 0.15) is 0 Å². The van der Waals surface area contributed by atoms with E-state index >= 15 is 0 Å². The summed E-state index contributed by atoms with van der Waals surface area (Å²) < 4.78 is 5.67. The van der Waals surface area contributed by atoms with E-state index in [-0.39, 0.29) is 6.61 Å². The Bertz CT molecular complexity index is 401. The van der Waals surface area contributed by atoms with Crippen LogP contribution in [0.2, 0.25) is 0 Å². The van der Waals surface area contributed by atoms with Crippen LogP contribution in [0.3, 0.4) is 0 Å². The molecule has 4 heteroatoms. The number of ether oxygens (including phenoxy) is 1. The largest absolute Gasteiger partial charge is 0.464 e. The number of esters is 1. The number of halogens is 1. The van der Waals surface area contributed by atoms with E-state index < -0.39 is 12.1 Å². The highest BCUT2D eigenvalue weighted by atomic mass is 79.9. The number of aliphatic hydroxyl groups excluding tert-OH is 1. The van der Waals surface area contributed by atoms with Gasteiger partial charge in [0.05, 0.1) is 6.61 Å². The quantitative estimate of drug-likeness (QED) is 0.869. The summed E-state index contributed by atoms with van der Waals surface area (Å²) in [5.41, 5.74) is 2.42. The van der Waals surface area contributed by atoms with Crippen LogP contribution in [0.1, 0.15) is 29.7 Å². The van der Waals surface area contributed by atoms with E-state index in [2.05, 4.69) is 15.9 Å². The molecule has 0 spiro atoms. The number of aryl methyl sites for hydroxylation is 1. The van der Waals surface area contributed by atoms with Crippen molar-refractivity contribution >= 4 is 21.9 Å². The van der Waals surface area contributed by atoms with Crippen LogP contribution in [-0.4, -0.2) is 17.7 Å². The Morgan fingerprint density at radius 3 is 2.69 bits per heavy atom. The number of carbonyl (C=O) groups excluding carboxylic acids is 1. The molecule has 0 aliphatic rings. The van der Waals surface area contributed by atoms with Crippen LogP contribution >= 0.6 is 15.9 Å². The van der Waals surface area contributed by atoms with Crippen molar-refractivity contribution in [3.05, 3.63) is 33.3 Å². The summed E-state index contributed by atoms with van der Waals surface area (Å²) in [7, 11) is 0. The van der Waals surface area contributed by atoms with Gasteiger partial charge in [0.15, 0.2) is 6.10 Å². The molecule has 0 bridgehead atoms. The molecular weight excluding hydrogens is 272 g/mol. The smallest absolute Gasteiger partial charge is 0.339 e. The fourth-order valence-corrected chi connectivity index (χ4v) is 2.06. The number of aliphatic hydroxyl groups is 1. The van der Waals surface area contributed by atoms with Crippen molar-refractivity contribution in [2.75, 3.05) is 6.61 Å². The molecule has 1 aromatic rings. The lowest BCUT2D eigenvalue weighted by molar-refractivity contribution is -0.153. The van der Waals surface area contributed by atoms with Crippen molar-refractivity contribution < 1.29 is 14.6 Å². The molecule has 1 rings (SSSR count). The molecule has 0 radical (unpaired) electrons. The van der Waals surface area contributed by atoms with Gasteiger partial charge in [-0.3, -0.25) is 0 Å². The minimum atomic E-state index is -1.21. The zero-order chi connectivity index (χ0) is 12.3. The monoisotopic (exact) mass is 286 g/mol. The first-order valence-electron chi connectivity index (χ1n) is 5.08. The highest BCUT2D eigenvalue weighted by molar-refractivity contribution is 9.10. The van der Waals surface area contributed by atoms with Crippen molar-refractivity contribution in [1.82, 2.24) is 0 Å². The number of carbonyl (C=O) groups is 1. The van der Waals surface area contributed by atoms with Gasteiger partial charge in [-0.1, -0.05) is 22.0 Å². The van der Waals surface area contributed by atoms with E-state index in [1.165, 1.54) is 0 Å². The van der Waals surface area contributed by atoms with Gasteiger partial charge in [-0.15, -0.1) is 0 Å². The van der Waals surface area contributed by atoms with E-state index in [0.717, 1.165) is 15.6 Å². The maximum absolute atomic E-state index is 11.4. The molecule has 0 aliphatic carbocycles. The molecular formula is C12H15BrO3. The highest BCUT2D eigenvalue weighted by Gasteiger charge is 2.21. The summed E-state index contributed by atoms with van der Waals surface area (Å²) in [5, 5.41) is 9.85. The van der Waals surface area contributed by atoms with Gasteiger partial charge >= 0.3 is 5.97 Å². The number of rotatable bonds is 3. The zero-order valence-corrected chi connectivity index (χ0v) is 11.2. The average Bonchev–Trinajstić information content (AvgIpc) is 2.22. The Labute approximate surface area is 104 Å². The molecule has 0 aromatic heterocycles. The molecule has 0 saturated carbocycles. The Morgan fingerprint density at radius 2 is 2.12 bits per heavy atom. The zero-order valence-electron chi connectivity index (χ0n) is 9.58. The fraction of sp³-hybridized carbons (Fsp3) is 0.417. The van der Waals surface area contributed by atoms with Crippen LogP contribution in [0, 0.1) is 13.8 Å². The molecule has 1 unspecified atom stereocenters. The van der Waals surface area contributed by atoms with Crippen LogP contribution < -0.4 is 0 Å². The molecule has 3 nitrogen and oxygen atoms in total. The minimum absolute atomic E-state index is 0.266. The first-order valence-corrected chi connectivity index (χ1v) is 5.88. The molecule has 0 fully saturated rings. The van der Waals surface area contributed by atoms with Crippen LogP contribution in [-0.2, 0) is 9.53 Å². The van der Waals surface area contributed by atoms with Gasteiger partial charge in [-0.2, -0.15) is 0 Å². The van der Waals surface area contributed by atoms with E-state index in [9.17, 15) is 9.90 Å². The van der Waals surface area contributed by atoms with E-state index in [1.54, 1.807) is 13.0 Å². The van der Waals surface area contributed by atoms with Crippen molar-refractivity contribution in [3.8, 4) is 0 Å². The Balaban J connectivity index is 3.08. The molecule has 0 aliphatic heterocycles. The second-order valence-corrected chi connectivity index (χ2v) is 4.47. The SMILES string of the molecule is CCOC(=O)C(O)c1cc(C)cc(Br)c1C. The van der Waals surface area contributed by atoms with Gasteiger partial charge in [0, 0.05) is 4.47 Å². The lowest BCUT2D eigenvalue weighted by Crippen LogP contribution is -2.16. The second kappa shape index (κ2) is 5.46. The van der Waals surface area contributed by atoms with Gasteiger partial charge in [0.2, 0.25) is 0 Å². The number of benzene rings is 1. The molecule has 0 heterocycles. The van der Waals surface area contributed by atoms with Crippen molar-refractivity contribution in [2.24, 2.45) is 0 Å². The molecule has 1 aromatic carbocycles. The van der Waals surface area contributed by atoms with Crippen molar-refractivity contribution in [3.63, 3.8) is 0 Å². The van der Waals surface area contributed by atoms with E-state index in [1.807, 2.05) is 19.9 Å². The molecule has 1 atom stereocenters. The number of hydrogen-bond donors (Lipinski definition) is 1. The van der Waals surface area contributed by atoms with Gasteiger partial charge in [-0.25, -0.2) is 4.79 Å². The molecule has 1 N–H and O–H groups in total. The molecule has 16 heavy (non-hydrogen) atoms. The Kier molecular flexibility index (Phi) is 4.50.